The predicted molar refractivity (Wildman–Crippen MR) is 293 cm³/mol. The number of ether oxygens (including phenoxy) is 3. The van der Waals surface area contributed by atoms with E-state index in [9.17, 15) is 14.4 Å². The van der Waals surface area contributed by atoms with E-state index in [0.717, 1.165) is 103 Å². The van der Waals surface area contributed by atoms with Crippen molar-refractivity contribution in [3.63, 3.8) is 0 Å². The van der Waals surface area contributed by atoms with Gasteiger partial charge in [-0.25, -0.2) is 0 Å². The third kappa shape index (κ3) is 53.8. The molecule has 0 heterocycles. The van der Waals surface area contributed by atoms with Crippen LogP contribution in [0.1, 0.15) is 284 Å². The number of carbonyl (C=O) groups excluding carboxylic acids is 3. The lowest BCUT2D eigenvalue weighted by molar-refractivity contribution is -0.167. The van der Waals surface area contributed by atoms with Gasteiger partial charge in [-0.3, -0.25) is 14.4 Å². The fourth-order valence-electron chi connectivity index (χ4n) is 8.07. The summed E-state index contributed by atoms with van der Waals surface area (Å²) in [7, 11) is 0. The van der Waals surface area contributed by atoms with Crippen molar-refractivity contribution in [3.05, 3.63) is 72.9 Å². The van der Waals surface area contributed by atoms with Gasteiger partial charge in [0.2, 0.25) is 0 Å². The number of carbonyl (C=O) groups is 3. The molecule has 68 heavy (non-hydrogen) atoms. The summed E-state index contributed by atoms with van der Waals surface area (Å²) in [6.07, 6.45) is 71.8. The van der Waals surface area contributed by atoms with Gasteiger partial charge in [0.25, 0.3) is 0 Å². The van der Waals surface area contributed by atoms with Gasteiger partial charge in [-0.15, -0.1) is 0 Å². The van der Waals surface area contributed by atoms with Crippen LogP contribution in [0, 0.1) is 0 Å². The van der Waals surface area contributed by atoms with E-state index in [4.69, 9.17) is 14.2 Å². The summed E-state index contributed by atoms with van der Waals surface area (Å²) < 4.78 is 16.8. The van der Waals surface area contributed by atoms with E-state index in [2.05, 4.69) is 93.7 Å². The molecule has 0 saturated carbocycles. The first kappa shape index (κ1) is 64.8. The molecule has 6 heteroatoms. The molecule has 0 radical (unpaired) electrons. The average Bonchev–Trinajstić information content (AvgIpc) is 3.34. The molecule has 0 aliphatic heterocycles. The monoisotopic (exact) mass is 949 g/mol. The van der Waals surface area contributed by atoms with Crippen LogP contribution in [0.25, 0.3) is 0 Å². The molecule has 0 aromatic rings. The third-order valence-corrected chi connectivity index (χ3v) is 12.4. The minimum Gasteiger partial charge on any atom is -0.462 e. The van der Waals surface area contributed by atoms with Crippen LogP contribution in [0.2, 0.25) is 0 Å². The fraction of sp³-hybridized carbons (Fsp3) is 0.758. The maximum absolute atomic E-state index is 12.8. The highest BCUT2D eigenvalue weighted by Crippen LogP contribution is 2.15. The van der Waals surface area contributed by atoms with Crippen LogP contribution in [0.15, 0.2) is 72.9 Å². The molecular weight excluding hydrogens is 841 g/mol. The van der Waals surface area contributed by atoms with Gasteiger partial charge in [-0.1, -0.05) is 229 Å². The van der Waals surface area contributed by atoms with Crippen LogP contribution < -0.4 is 0 Å². The SMILES string of the molecule is CC/C=C\C/C=C\C/C=C\CCCCCC(=O)OCC(COC(=O)CCCCCCCCCCC/C=C\C/C=C\CCCCCCC)OC(=O)CCCCCCC/C=C\CCCCCCCCC. The molecule has 392 valence electrons. The molecule has 0 saturated heterocycles. The summed E-state index contributed by atoms with van der Waals surface area (Å²) >= 11 is 0. The molecule has 0 fully saturated rings. The van der Waals surface area contributed by atoms with Gasteiger partial charge >= 0.3 is 17.9 Å². The Morgan fingerprint density at radius 3 is 0.926 bits per heavy atom. The molecule has 6 nitrogen and oxygen atoms in total. The Balaban J connectivity index is 4.38. The van der Waals surface area contributed by atoms with Crippen molar-refractivity contribution >= 4 is 17.9 Å². The topological polar surface area (TPSA) is 78.9 Å². The first-order valence-electron chi connectivity index (χ1n) is 28.9. The lowest BCUT2D eigenvalue weighted by Crippen LogP contribution is -2.30. The van der Waals surface area contributed by atoms with E-state index >= 15 is 0 Å². The molecule has 0 spiro atoms. The van der Waals surface area contributed by atoms with Crippen LogP contribution in [0.4, 0.5) is 0 Å². The maximum Gasteiger partial charge on any atom is 0.306 e. The van der Waals surface area contributed by atoms with Crippen LogP contribution in [-0.4, -0.2) is 37.2 Å². The van der Waals surface area contributed by atoms with Crippen molar-refractivity contribution in [1.82, 2.24) is 0 Å². The molecule has 0 rings (SSSR count). The Morgan fingerprint density at radius 2 is 0.574 bits per heavy atom. The second-order valence-electron chi connectivity index (χ2n) is 19.2. The zero-order valence-electron chi connectivity index (χ0n) is 44.9. The average molecular weight is 950 g/mol. The van der Waals surface area contributed by atoms with Crippen LogP contribution in [0.5, 0.6) is 0 Å². The fourth-order valence-corrected chi connectivity index (χ4v) is 8.07. The summed E-state index contributed by atoms with van der Waals surface area (Å²) in [6, 6.07) is 0. The van der Waals surface area contributed by atoms with Gasteiger partial charge in [0.15, 0.2) is 6.10 Å². The molecule has 0 aromatic heterocycles. The maximum atomic E-state index is 12.8. The summed E-state index contributed by atoms with van der Waals surface area (Å²) in [5, 5.41) is 0. The molecule has 0 bridgehead atoms. The Labute approximate surface area is 421 Å². The van der Waals surface area contributed by atoms with Gasteiger partial charge < -0.3 is 14.2 Å². The molecule has 0 aliphatic rings. The molecule has 1 unspecified atom stereocenters. The molecular formula is C62H108O6. The van der Waals surface area contributed by atoms with Gasteiger partial charge in [0, 0.05) is 19.3 Å². The molecule has 0 amide bonds. The van der Waals surface area contributed by atoms with Gasteiger partial charge in [-0.05, 0) is 109 Å². The second kappa shape index (κ2) is 56.4. The van der Waals surface area contributed by atoms with Crippen molar-refractivity contribution < 1.29 is 28.6 Å². The van der Waals surface area contributed by atoms with Crippen LogP contribution in [0.3, 0.4) is 0 Å². The van der Waals surface area contributed by atoms with Gasteiger partial charge in [-0.2, -0.15) is 0 Å². The first-order chi connectivity index (χ1) is 33.5. The quantitative estimate of drug-likeness (QED) is 0.0262. The minimum atomic E-state index is -0.794. The number of unbranched alkanes of at least 4 members (excludes halogenated alkanes) is 29. The summed E-state index contributed by atoms with van der Waals surface area (Å²) in [6.45, 7) is 6.49. The molecule has 0 aliphatic carbocycles. The minimum absolute atomic E-state index is 0.0899. The lowest BCUT2D eigenvalue weighted by Gasteiger charge is -2.18. The summed E-state index contributed by atoms with van der Waals surface area (Å²) in [5.41, 5.74) is 0. The second-order valence-corrected chi connectivity index (χ2v) is 19.2. The normalized spacial score (nSPS) is 12.6. The number of rotatable bonds is 52. The predicted octanol–water partition coefficient (Wildman–Crippen LogP) is 19.4. The Bertz CT molecular complexity index is 1270. The van der Waals surface area contributed by atoms with Crippen molar-refractivity contribution in [2.75, 3.05) is 13.2 Å². The number of hydrogen-bond donors (Lipinski definition) is 0. The van der Waals surface area contributed by atoms with E-state index in [-0.39, 0.29) is 31.1 Å². The van der Waals surface area contributed by atoms with E-state index in [1.165, 1.54) is 141 Å². The highest BCUT2D eigenvalue weighted by Gasteiger charge is 2.19. The molecule has 1 atom stereocenters. The third-order valence-electron chi connectivity index (χ3n) is 12.4. The molecule has 0 N–H and O–H groups in total. The van der Waals surface area contributed by atoms with Crippen molar-refractivity contribution in [3.8, 4) is 0 Å². The Kier molecular flexibility index (Phi) is 53.8. The lowest BCUT2D eigenvalue weighted by atomic mass is 10.1. The number of allylic oxidation sites excluding steroid dienone is 12. The van der Waals surface area contributed by atoms with E-state index in [0.29, 0.717) is 19.3 Å². The van der Waals surface area contributed by atoms with E-state index < -0.39 is 6.10 Å². The Hall–Kier alpha value is -3.15. The Morgan fingerprint density at radius 1 is 0.309 bits per heavy atom. The van der Waals surface area contributed by atoms with Crippen LogP contribution >= 0.6 is 0 Å². The van der Waals surface area contributed by atoms with Crippen LogP contribution in [-0.2, 0) is 28.6 Å². The van der Waals surface area contributed by atoms with E-state index in [1.54, 1.807) is 0 Å². The zero-order chi connectivity index (χ0) is 49.3. The largest absolute Gasteiger partial charge is 0.462 e. The standard InChI is InChI=1S/C62H108O6/c1-4-7-10-13-16-19-22-25-27-29-30-31-32-33-35-37-40-43-46-49-52-55-61(64)67-58-59(57-66-60(63)54-51-48-45-42-39-36-24-21-18-15-12-9-6-3)68-62(65)56-53-50-47-44-41-38-34-28-26-23-20-17-14-11-8-5-2/h9,12,18,21-22,25,28-30,34,36,39,59H,4-8,10-11,13-17,19-20,23-24,26-27,31-33,35,37-38,40-58H2,1-3H3/b12-9-,21-18-,25-22-,30-29-,34-28-,39-36-. The first-order valence-corrected chi connectivity index (χ1v) is 28.9. The summed E-state index contributed by atoms with van der Waals surface area (Å²) in [5.74, 6) is -0.925. The highest BCUT2D eigenvalue weighted by molar-refractivity contribution is 5.71. The van der Waals surface area contributed by atoms with Crippen molar-refractivity contribution in [1.29, 1.82) is 0 Å². The summed E-state index contributed by atoms with van der Waals surface area (Å²) in [4.78, 5) is 38.1. The van der Waals surface area contributed by atoms with Crippen molar-refractivity contribution in [2.24, 2.45) is 0 Å². The van der Waals surface area contributed by atoms with Gasteiger partial charge in [0.1, 0.15) is 13.2 Å². The number of esters is 3. The molecule has 0 aromatic carbocycles. The van der Waals surface area contributed by atoms with Crippen molar-refractivity contribution in [2.45, 2.75) is 290 Å². The zero-order valence-corrected chi connectivity index (χ0v) is 44.9. The van der Waals surface area contributed by atoms with E-state index in [1.807, 2.05) is 0 Å². The number of hydrogen-bond acceptors (Lipinski definition) is 6. The smallest absolute Gasteiger partial charge is 0.306 e. The highest BCUT2D eigenvalue weighted by atomic mass is 16.6. The van der Waals surface area contributed by atoms with Gasteiger partial charge in [0.05, 0.1) is 0 Å².